The molecule has 1 amide bonds. The molecule has 1 heterocycles. The predicted molar refractivity (Wildman–Crippen MR) is 67.7 cm³/mol. The molecule has 2 atom stereocenters. The van der Waals surface area contributed by atoms with Crippen molar-refractivity contribution >= 4 is 18.3 Å². The fourth-order valence-corrected chi connectivity index (χ4v) is 2.55. The molecule has 0 bridgehead atoms. The minimum Gasteiger partial charge on any atom is -0.355 e. The SMILES string of the molecule is CC1CCCCC1CNC(=O)C1CNC1.Cl. The minimum atomic E-state index is 0. The van der Waals surface area contributed by atoms with Gasteiger partial charge < -0.3 is 10.6 Å². The van der Waals surface area contributed by atoms with E-state index in [0.717, 1.165) is 31.5 Å². The average molecular weight is 247 g/mol. The maximum Gasteiger partial charge on any atom is 0.225 e. The Balaban J connectivity index is 0.00000128. The molecule has 2 N–H and O–H groups in total. The summed E-state index contributed by atoms with van der Waals surface area (Å²) in [5.74, 6) is 2.00. The number of nitrogens with one attached hydrogen (secondary N) is 2. The highest BCUT2D eigenvalue weighted by Gasteiger charge is 2.26. The van der Waals surface area contributed by atoms with Crippen LogP contribution in [0.4, 0.5) is 0 Å². The van der Waals surface area contributed by atoms with E-state index in [1.54, 1.807) is 0 Å². The molecular formula is C12H23ClN2O. The summed E-state index contributed by atoms with van der Waals surface area (Å²) < 4.78 is 0. The Bertz CT molecular complexity index is 231. The number of rotatable bonds is 3. The monoisotopic (exact) mass is 246 g/mol. The zero-order chi connectivity index (χ0) is 10.7. The van der Waals surface area contributed by atoms with Gasteiger partial charge in [-0.2, -0.15) is 0 Å². The van der Waals surface area contributed by atoms with Crippen molar-refractivity contribution in [1.82, 2.24) is 10.6 Å². The van der Waals surface area contributed by atoms with Crippen LogP contribution in [0.5, 0.6) is 0 Å². The highest BCUT2D eigenvalue weighted by molar-refractivity contribution is 5.85. The van der Waals surface area contributed by atoms with E-state index in [0.29, 0.717) is 0 Å². The molecule has 94 valence electrons. The van der Waals surface area contributed by atoms with E-state index in [1.165, 1.54) is 25.7 Å². The van der Waals surface area contributed by atoms with Gasteiger partial charge in [-0.25, -0.2) is 0 Å². The van der Waals surface area contributed by atoms with Gasteiger partial charge in [0.15, 0.2) is 0 Å². The lowest BCUT2D eigenvalue weighted by Crippen LogP contribution is -2.51. The third-order valence-electron chi connectivity index (χ3n) is 3.98. The van der Waals surface area contributed by atoms with Crippen molar-refractivity contribution in [2.24, 2.45) is 17.8 Å². The molecular weight excluding hydrogens is 224 g/mol. The third kappa shape index (κ3) is 3.36. The minimum absolute atomic E-state index is 0. The first-order chi connectivity index (χ1) is 7.27. The Hall–Kier alpha value is -0.280. The molecule has 0 spiro atoms. The summed E-state index contributed by atoms with van der Waals surface area (Å²) in [7, 11) is 0. The molecule has 1 aliphatic carbocycles. The Morgan fingerprint density at radius 2 is 2.00 bits per heavy atom. The van der Waals surface area contributed by atoms with Gasteiger partial charge in [0.2, 0.25) is 5.91 Å². The van der Waals surface area contributed by atoms with Crippen LogP contribution in [0.3, 0.4) is 0 Å². The van der Waals surface area contributed by atoms with Crippen LogP contribution in [0.15, 0.2) is 0 Å². The topological polar surface area (TPSA) is 41.1 Å². The van der Waals surface area contributed by atoms with Gasteiger partial charge in [-0.3, -0.25) is 4.79 Å². The first kappa shape index (κ1) is 13.8. The van der Waals surface area contributed by atoms with Crippen molar-refractivity contribution in [1.29, 1.82) is 0 Å². The number of amides is 1. The smallest absolute Gasteiger partial charge is 0.225 e. The Kier molecular flexibility index (Phi) is 5.56. The van der Waals surface area contributed by atoms with E-state index >= 15 is 0 Å². The van der Waals surface area contributed by atoms with Gasteiger partial charge in [0.05, 0.1) is 5.92 Å². The second kappa shape index (κ2) is 6.45. The second-order valence-corrected chi connectivity index (χ2v) is 5.12. The standard InChI is InChI=1S/C12H22N2O.ClH/c1-9-4-2-3-5-10(9)8-14-12(15)11-6-13-7-11;/h9-11,13H,2-8H2,1H3,(H,14,15);1H. The van der Waals surface area contributed by atoms with E-state index in [2.05, 4.69) is 17.6 Å². The first-order valence-corrected chi connectivity index (χ1v) is 6.26. The van der Waals surface area contributed by atoms with Gasteiger partial charge >= 0.3 is 0 Å². The summed E-state index contributed by atoms with van der Waals surface area (Å²) in [6, 6.07) is 0. The van der Waals surface area contributed by atoms with Gasteiger partial charge in [-0.05, 0) is 18.3 Å². The zero-order valence-corrected chi connectivity index (χ0v) is 10.8. The van der Waals surface area contributed by atoms with Crippen molar-refractivity contribution in [3.63, 3.8) is 0 Å². The summed E-state index contributed by atoms with van der Waals surface area (Å²) in [6.45, 7) is 4.95. The zero-order valence-electron chi connectivity index (χ0n) is 10.00. The summed E-state index contributed by atoms with van der Waals surface area (Å²) in [4.78, 5) is 11.6. The van der Waals surface area contributed by atoms with Gasteiger partial charge in [-0.1, -0.05) is 26.2 Å². The number of carbonyl (C=O) groups excluding carboxylic acids is 1. The molecule has 0 aromatic rings. The lowest BCUT2D eigenvalue weighted by Gasteiger charge is -2.31. The molecule has 0 aromatic heterocycles. The first-order valence-electron chi connectivity index (χ1n) is 6.26. The molecule has 2 fully saturated rings. The van der Waals surface area contributed by atoms with Crippen LogP contribution in [0, 0.1) is 17.8 Å². The fraction of sp³-hybridized carbons (Fsp3) is 0.917. The van der Waals surface area contributed by atoms with Gasteiger partial charge in [-0.15, -0.1) is 12.4 Å². The van der Waals surface area contributed by atoms with Crippen molar-refractivity contribution in [3.05, 3.63) is 0 Å². The Morgan fingerprint density at radius 1 is 1.31 bits per heavy atom. The largest absolute Gasteiger partial charge is 0.355 e. The second-order valence-electron chi connectivity index (χ2n) is 5.12. The molecule has 16 heavy (non-hydrogen) atoms. The van der Waals surface area contributed by atoms with Crippen LogP contribution in [0.1, 0.15) is 32.6 Å². The van der Waals surface area contributed by atoms with Gasteiger partial charge in [0.25, 0.3) is 0 Å². The van der Waals surface area contributed by atoms with Crippen LogP contribution in [-0.4, -0.2) is 25.5 Å². The molecule has 3 nitrogen and oxygen atoms in total. The molecule has 2 rings (SSSR count). The van der Waals surface area contributed by atoms with Crippen LogP contribution < -0.4 is 10.6 Å². The molecule has 1 aliphatic heterocycles. The average Bonchev–Trinajstić information content (AvgIpc) is 2.14. The van der Waals surface area contributed by atoms with Crippen LogP contribution in [0.2, 0.25) is 0 Å². The highest BCUT2D eigenvalue weighted by atomic mass is 35.5. The molecule has 0 aromatic carbocycles. The number of carbonyl (C=O) groups is 1. The van der Waals surface area contributed by atoms with Crippen LogP contribution in [-0.2, 0) is 4.79 Å². The summed E-state index contributed by atoms with van der Waals surface area (Å²) in [5, 5.41) is 6.23. The number of halogens is 1. The van der Waals surface area contributed by atoms with Crippen molar-refractivity contribution in [3.8, 4) is 0 Å². The Morgan fingerprint density at radius 3 is 2.56 bits per heavy atom. The van der Waals surface area contributed by atoms with E-state index < -0.39 is 0 Å². The number of hydrogen-bond donors (Lipinski definition) is 2. The van der Waals surface area contributed by atoms with Crippen LogP contribution in [0.25, 0.3) is 0 Å². The maximum atomic E-state index is 11.6. The van der Waals surface area contributed by atoms with Gasteiger partial charge in [0, 0.05) is 19.6 Å². The van der Waals surface area contributed by atoms with E-state index in [4.69, 9.17) is 0 Å². The lowest BCUT2D eigenvalue weighted by molar-refractivity contribution is -0.126. The summed E-state index contributed by atoms with van der Waals surface area (Å²) in [6.07, 6.45) is 5.35. The molecule has 1 saturated heterocycles. The quantitative estimate of drug-likeness (QED) is 0.794. The lowest BCUT2D eigenvalue weighted by atomic mass is 9.80. The van der Waals surface area contributed by atoms with Crippen LogP contribution >= 0.6 is 12.4 Å². The predicted octanol–water partition coefficient (Wildman–Crippen LogP) is 1.57. The molecule has 4 heteroatoms. The molecule has 2 aliphatic rings. The normalized spacial score (nSPS) is 30.1. The molecule has 1 saturated carbocycles. The Labute approximate surface area is 104 Å². The van der Waals surface area contributed by atoms with E-state index in [9.17, 15) is 4.79 Å². The van der Waals surface area contributed by atoms with Crippen molar-refractivity contribution in [2.45, 2.75) is 32.6 Å². The maximum absolute atomic E-state index is 11.6. The molecule has 0 radical (unpaired) electrons. The third-order valence-corrected chi connectivity index (χ3v) is 3.98. The summed E-state index contributed by atoms with van der Waals surface area (Å²) >= 11 is 0. The highest BCUT2D eigenvalue weighted by Crippen LogP contribution is 2.28. The van der Waals surface area contributed by atoms with Crippen molar-refractivity contribution in [2.75, 3.05) is 19.6 Å². The van der Waals surface area contributed by atoms with Crippen molar-refractivity contribution < 1.29 is 4.79 Å². The van der Waals surface area contributed by atoms with Gasteiger partial charge in [0.1, 0.15) is 0 Å². The fourth-order valence-electron chi connectivity index (χ4n) is 2.55. The van der Waals surface area contributed by atoms with E-state index in [1.807, 2.05) is 0 Å². The number of hydrogen-bond acceptors (Lipinski definition) is 2. The summed E-state index contributed by atoms with van der Waals surface area (Å²) in [5.41, 5.74) is 0. The van der Waals surface area contributed by atoms with E-state index in [-0.39, 0.29) is 24.2 Å². The molecule has 2 unspecified atom stereocenters.